The lowest BCUT2D eigenvalue weighted by Gasteiger charge is -2.39. The van der Waals surface area contributed by atoms with Gasteiger partial charge in [-0.3, -0.25) is 0 Å². The largest absolute Gasteiger partial charge is 0.489 e. The van der Waals surface area contributed by atoms with Gasteiger partial charge >= 0.3 is 113 Å². The summed E-state index contributed by atoms with van der Waals surface area (Å²) in [6, 6.07) is -1.25. The molecule has 0 radical (unpaired) electrons. The van der Waals surface area contributed by atoms with Gasteiger partial charge < -0.3 is 19.3 Å². The monoisotopic (exact) mass is 1210 g/mol. The number of halogens is 39. The maximum Gasteiger partial charge on any atom is 0.460 e. The second-order valence-corrected chi connectivity index (χ2v) is 14.4. The first-order valence-electron chi connectivity index (χ1n) is 17.5. The Morgan fingerprint density at radius 3 is 0.680 bits per heavy atom. The van der Waals surface area contributed by atoms with E-state index in [-0.39, 0.29) is 0 Å². The summed E-state index contributed by atoms with van der Waals surface area (Å²) >= 11 is 0. The molecule has 0 aromatic heterocycles. The van der Waals surface area contributed by atoms with E-state index >= 15 is 0 Å². The number of carboxylic acids is 1. The predicted octanol–water partition coefficient (Wildman–Crippen LogP) is 14.9. The lowest BCUT2D eigenvalue weighted by atomic mass is 9.93. The predicted molar refractivity (Wildman–Crippen MR) is 156 cm³/mol. The molecule has 0 spiro atoms. The molecule has 1 rings (SSSR count). The van der Waals surface area contributed by atoms with Crippen LogP contribution in [0.2, 0.25) is 0 Å². The van der Waals surface area contributed by atoms with Crippen LogP contribution in [0.15, 0.2) is 12.1 Å². The van der Waals surface area contributed by atoms with Crippen molar-refractivity contribution in [3.05, 3.63) is 17.7 Å². The summed E-state index contributed by atoms with van der Waals surface area (Å²) in [5.41, 5.74) is -1.98. The Morgan fingerprint density at radius 1 is 0.307 bits per heavy atom. The maximum atomic E-state index is 14.4. The van der Waals surface area contributed by atoms with E-state index in [4.69, 9.17) is 0 Å². The van der Waals surface area contributed by atoms with E-state index < -0.39 is 187 Å². The number of alkyl halides is 39. The van der Waals surface area contributed by atoms with Gasteiger partial charge in [0.25, 0.3) is 0 Å². The molecule has 0 fully saturated rings. The number of carboxylic acid groups (broad SMARTS) is 1. The third kappa shape index (κ3) is 10.7. The summed E-state index contributed by atoms with van der Waals surface area (Å²) in [5.74, 6) is -134. The summed E-state index contributed by atoms with van der Waals surface area (Å²) in [6.45, 7) is -8.96. The van der Waals surface area contributed by atoms with Crippen molar-refractivity contribution in [2.24, 2.45) is 0 Å². The molecule has 0 atom stereocenters. The Kier molecular flexibility index (Phi) is 17.7. The second kappa shape index (κ2) is 19.4. The van der Waals surface area contributed by atoms with Crippen molar-refractivity contribution in [3.8, 4) is 17.2 Å². The van der Waals surface area contributed by atoms with Gasteiger partial charge in [-0.25, -0.2) is 4.79 Å². The molecule has 0 amide bonds. The number of aromatic carboxylic acids is 1. The Balaban J connectivity index is 4.05. The van der Waals surface area contributed by atoms with Gasteiger partial charge in [0.1, 0.15) is 0 Å². The molecule has 0 heterocycles. The highest BCUT2D eigenvalue weighted by atomic mass is 19.5. The Hall–Kier alpha value is -4.64. The number of rotatable bonds is 25. The minimum atomic E-state index is -8.64. The average Bonchev–Trinajstić information content (AvgIpc) is 3.18. The van der Waals surface area contributed by atoms with E-state index in [2.05, 4.69) is 14.2 Å². The normalized spacial score (nSPS) is 15.8. The van der Waals surface area contributed by atoms with Crippen molar-refractivity contribution < 1.29 is 195 Å². The highest BCUT2D eigenvalue weighted by Crippen LogP contribution is 2.64. The van der Waals surface area contributed by atoms with Gasteiger partial charge in [-0.05, 0) is 12.1 Å². The van der Waals surface area contributed by atoms with Crippen LogP contribution in [0, 0.1) is 0 Å². The van der Waals surface area contributed by atoms with E-state index in [1.54, 1.807) is 0 Å². The molecule has 0 aliphatic heterocycles. The molecule has 0 bridgehead atoms. The second-order valence-electron chi connectivity index (χ2n) is 14.4. The van der Waals surface area contributed by atoms with Gasteiger partial charge in [0.15, 0.2) is 11.5 Å². The van der Waals surface area contributed by atoms with E-state index in [9.17, 15) is 181 Å². The van der Waals surface area contributed by atoms with Crippen LogP contribution < -0.4 is 14.2 Å². The van der Waals surface area contributed by atoms with Crippen LogP contribution in [0.1, 0.15) is 29.6 Å². The number of ether oxygens (including phenoxy) is 3. The molecule has 0 aliphatic carbocycles. The number of carbonyl (C=O) groups is 1. The third-order valence-electron chi connectivity index (χ3n) is 9.27. The quantitative estimate of drug-likeness (QED) is 0.0989. The standard InChI is InChI=1S/C31H15F39O5/c32-14(33,17(38,39)20(44,45)23(50,51)26(56,57)29(62,63)64)1-4-73-10-7-9(13(71)72)8-11(74-5-2-15(34,35)18(40,41)21(46,47)24(52,53)27(58,59)30(65,66)67)12(10)75-6-3-16(36,37)19(42,43)22(48,49)25(54,55)28(60,61)31(68,69)70/h7-8H,1-6H2,(H,71,72). The van der Waals surface area contributed by atoms with Crippen LogP contribution in [0.4, 0.5) is 171 Å². The van der Waals surface area contributed by atoms with Crippen molar-refractivity contribution in [2.75, 3.05) is 19.8 Å². The zero-order chi connectivity index (χ0) is 60.7. The average molecular weight is 1210 g/mol. The topological polar surface area (TPSA) is 65.0 Å². The zero-order valence-electron chi connectivity index (χ0n) is 33.7. The maximum absolute atomic E-state index is 14.4. The molecule has 44 heteroatoms. The minimum absolute atomic E-state index is 0.625. The first-order valence-corrected chi connectivity index (χ1v) is 17.5. The minimum Gasteiger partial charge on any atom is -0.489 e. The van der Waals surface area contributed by atoms with Crippen molar-refractivity contribution >= 4 is 5.97 Å². The van der Waals surface area contributed by atoms with Crippen molar-refractivity contribution in [1.82, 2.24) is 0 Å². The summed E-state index contributed by atoms with van der Waals surface area (Å²) in [6.07, 6.45) is -34.9. The molecular formula is C31H15F39O5. The van der Waals surface area contributed by atoms with Crippen LogP contribution in [-0.2, 0) is 0 Å². The van der Waals surface area contributed by atoms with Crippen LogP contribution in [0.5, 0.6) is 17.2 Å². The smallest absolute Gasteiger partial charge is 0.460 e. The Labute approximate surface area is 383 Å². The van der Waals surface area contributed by atoms with E-state index in [1.807, 2.05) is 0 Å². The summed E-state index contributed by atoms with van der Waals surface area (Å²) < 4.78 is 539. The molecule has 442 valence electrons. The fraction of sp³-hybridized carbons (Fsp3) is 0.774. The summed E-state index contributed by atoms with van der Waals surface area (Å²) in [5, 5.41) is 9.23. The zero-order valence-corrected chi connectivity index (χ0v) is 33.7. The molecule has 0 unspecified atom stereocenters. The molecular weight excluding hydrogens is 1190 g/mol. The highest BCUT2D eigenvalue weighted by molar-refractivity contribution is 5.89. The Morgan fingerprint density at radius 2 is 0.493 bits per heavy atom. The number of hydrogen-bond donors (Lipinski definition) is 1. The van der Waals surface area contributed by atoms with Crippen LogP contribution >= 0.6 is 0 Å². The first kappa shape index (κ1) is 68.4. The van der Waals surface area contributed by atoms with Crippen molar-refractivity contribution in [2.45, 2.75) is 127 Å². The molecule has 75 heavy (non-hydrogen) atoms. The first-order chi connectivity index (χ1) is 32.3. The number of benzene rings is 1. The fourth-order valence-electron chi connectivity index (χ4n) is 4.79. The van der Waals surface area contributed by atoms with Crippen molar-refractivity contribution in [1.29, 1.82) is 0 Å². The van der Waals surface area contributed by atoms with E-state index in [1.165, 1.54) is 0 Å². The summed E-state index contributed by atoms with van der Waals surface area (Å²) in [7, 11) is 0. The van der Waals surface area contributed by atoms with Crippen LogP contribution in [-0.4, -0.2) is 138 Å². The van der Waals surface area contributed by atoms with Gasteiger partial charge in [0.05, 0.1) is 44.6 Å². The fourth-order valence-corrected chi connectivity index (χ4v) is 4.79. The molecule has 0 aliphatic rings. The van der Waals surface area contributed by atoms with Crippen molar-refractivity contribution in [3.63, 3.8) is 0 Å². The van der Waals surface area contributed by atoms with Gasteiger partial charge in [-0.1, -0.05) is 0 Å². The van der Waals surface area contributed by atoms with Gasteiger partial charge in [-0.15, -0.1) is 0 Å². The Bertz CT molecular complexity index is 2060. The highest BCUT2D eigenvalue weighted by Gasteiger charge is 2.93. The molecule has 0 saturated heterocycles. The molecule has 0 saturated carbocycles. The van der Waals surface area contributed by atoms with Crippen LogP contribution in [0.3, 0.4) is 0 Å². The van der Waals surface area contributed by atoms with E-state index in [0.29, 0.717) is 0 Å². The van der Waals surface area contributed by atoms with E-state index in [0.717, 1.165) is 0 Å². The molecule has 1 aromatic rings. The molecule has 1 aromatic carbocycles. The summed E-state index contributed by atoms with van der Waals surface area (Å²) in [4.78, 5) is 11.6. The van der Waals surface area contributed by atoms with Crippen LogP contribution in [0.25, 0.3) is 0 Å². The lowest BCUT2D eigenvalue weighted by molar-refractivity contribution is -0.440. The third-order valence-corrected chi connectivity index (χ3v) is 9.27. The van der Waals surface area contributed by atoms with Gasteiger partial charge in [0.2, 0.25) is 5.75 Å². The molecule has 5 nitrogen and oxygen atoms in total. The SMILES string of the molecule is O=C(O)c1cc(OCCC(F)(F)C(F)(F)C(F)(F)C(F)(F)C(F)(F)C(F)(F)F)c(OCCC(F)(F)C(F)(F)C(F)(F)C(F)(F)C(F)(F)C(F)(F)F)c(OCCC(F)(F)C(F)(F)C(F)(F)C(F)(F)C(F)(F)C(F)(F)F)c1. The molecule has 1 N–H and O–H groups in total. The van der Waals surface area contributed by atoms with Gasteiger partial charge in [-0.2, -0.15) is 171 Å². The van der Waals surface area contributed by atoms with Gasteiger partial charge in [0, 0.05) is 0 Å². The number of hydrogen-bond acceptors (Lipinski definition) is 4. The lowest BCUT2D eigenvalue weighted by Crippen LogP contribution is -2.70.